The van der Waals surface area contributed by atoms with Gasteiger partial charge >= 0.3 is 5.97 Å². The first-order chi connectivity index (χ1) is 14.0. The van der Waals surface area contributed by atoms with Crippen LogP contribution in [0.25, 0.3) is 16.8 Å². The quantitative estimate of drug-likeness (QED) is 0.458. The van der Waals surface area contributed by atoms with E-state index in [2.05, 4.69) is 4.99 Å². The van der Waals surface area contributed by atoms with Gasteiger partial charge in [-0.15, -0.1) is 0 Å². The molecule has 0 aliphatic carbocycles. The molecule has 0 radical (unpaired) electrons. The molecular formula is C24H21NO4. The summed E-state index contributed by atoms with van der Waals surface area (Å²) in [6.45, 7) is 3.90. The molecule has 0 bridgehead atoms. The summed E-state index contributed by atoms with van der Waals surface area (Å²) in [6.07, 6.45) is 1.71. The molecule has 0 amide bonds. The van der Waals surface area contributed by atoms with Crippen LogP contribution in [0.3, 0.4) is 0 Å². The minimum absolute atomic E-state index is 0.0343. The maximum absolute atomic E-state index is 12.3. The number of fused-ring (bicyclic) bond motifs is 1. The second kappa shape index (κ2) is 7.80. The van der Waals surface area contributed by atoms with Crippen molar-refractivity contribution in [3.63, 3.8) is 0 Å². The summed E-state index contributed by atoms with van der Waals surface area (Å²) in [6, 6.07) is 19.3. The number of aliphatic imine (C=N–C) groups is 1. The minimum atomic E-state index is -0.477. The summed E-state index contributed by atoms with van der Waals surface area (Å²) in [7, 11) is 1.58. The van der Waals surface area contributed by atoms with Crippen LogP contribution in [-0.4, -0.2) is 25.1 Å². The Labute approximate surface area is 169 Å². The molecule has 1 aliphatic rings. The number of hydrogen-bond acceptors (Lipinski definition) is 5. The SMILES string of the molecule is COc1cc(/C=C2\N=C(c3ccc4ccccc4c3)OC2=O)ccc1OC(C)C. The fraction of sp³-hybridized carbons (Fsp3) is 0.167. The lowest BCUT2D eigenvalue weighted by molar-refractivity contribution is -0.129. The first-order valence-corrected chi connectivity index (χ1v) is 9.40. The number of esters is 1. The molecule has 0 aromatic heterocycles. The maximum Gasteiger partial charge on any atom is 0.363 e. The average Bonchev–Trinajstić information content (AvgIpc) is 3.08. The molecular weight excluding hydrogens is 366 g/mol. The zero-order valence-electron chi connectivity index (χ0n) is 16.5. The number of hydrogen-bond donors (Lipinski definition) is 0. The smallest absolute Gasteiger partial charge is 0.363 e. The molecule has 0 saturated heterocycles. The van der Waals surface area contributed by atoms with Gasteiger partial charge in [-0.05, 0) is 60.5 Å². The molecule has 0 fully saturated rings. The Bertz CT molecular complexity index is 1140. The number of rotatable bonds is 5. The van der Waals surface area contributed by atoms with Crippen molar-refractivity contribution in [1.82, 2.24) is 0 Å². The summed E-state index contributed by atoms with van der Waals surface area (Å²) in [5.41, 5.74) is 1.78. The molecule has 1 aliphatic heterocycles. The standard InChI is InChI=1S/C24H21NO4/c1-15(2)28-21-11-8-16(13-22(21)27-3)12-20-24(26)29-23(25-20)19-10-9-17-6-4-5-7-18(17)14-19/h4-15H,1-3H3/b20-12-. The highest BCUT2D eigenvalue weighted by atomic mass is 16.6. The Hall–Kier alpha value is -3.60. The second-order valence-corrected chi connectivity index (χ2v) is 6.97. The summed E-state index contributed by atoms with van der Waals surface area (Å²) in [5, 5.41) is 2.18. The predicted molar refractivity (Wildman–Crippen MR) is 113 cm³/mol. The number of ether oxygens (including phenoxy) is 3. The van der Waals surface area contributed by atoms with Crippen molar-refractivity contribution in [2.45, 2.75) is 20.0 Å². The molecule has 5 heteroatoms. The van der Waals surface area contributed by atoms with Crippen molar-refractivity contribution in [3.05, 3.63) is 77.5 Å². The first-order valence-electron chi connectivity index (χ1n) is 9.40. The van der Waals surface area contributed by atoms with E-state index >= 15 is 0 Å². The van der Waals surface area contributed by atoms with Crippen LogP contribution in [0, 0.1) is 0 Å². The minimum Gasteiger partial charge on any atom is -0.493 e. The number of carbonyl (C=O) groups excluding carboxylic acids is 1. The molecule has 0 N–H and O–H groups in total. The topological polar surface area (TPSA) is 57.1 Å². The lowest BCUT2D eigenvalue weighted by atomic mass is 10.1. The number of methoxy groups -OCH3 is 1. The van der Waals surface area contributed by atoms with Gasteiger partial charge in [-0.3, -0.25) is 0 Å². The summed E-state index contributed by atoms with van der Waals surface area (Å²) in [5.74, 6) is 1.07. The Kier molecular flexibility index (Phi) is 5.04. The molecule has 0 saturated carbocycles. The molecule has 1 heterocycles. The molecule has 5 nitrogen and oxygen atoms in total. The average molecular weight is 387 g/mol. The molecule has 3 aromatic carbocycles. The predicted octanol–water partition coefficient (Wildman–Crippen LogP) is 4.98. The fourth-order valence-electron chi connectivity index (χ4n) is 3.14. The van der Waals surface area contributed by atoms with Crippen LogP contribution in [-0.2, 0) is 9.53 Å². The largest absolute Gasteiger partial charge is 0.493 e. The third kappa shape index (κ3) is 3.99. The van der Waals surface area contributed by atoms with E-state index in [9.17, 15) is 4.79 Å². The molecule has 29 heavy (non-hydrogen) atoms. The first kappa shape index (κ1) is 18.7. The van der Waals surface area contributed by atoms with Crippen molar-refractivity contribution in [1.29, 1.82) is 0 Å². The van der Waals surface area contributed by atoms with Crippen molar-refractivity contribution >= 4 is 28.7 Å². The third-order valence-corrected chi connectivity index (χ3v) is 4.47. The maximum atomic E-state index is 12.3. The second-order valence-electron chi connectivity index (χ2n) is 6.97. The van der Waals surface area contributed by atoms with E-state index in [1.165, 1.54) is 0 Å². The van der Waals surface area contributed by atoms with E-state index in [4.69, 9.17) is 14.2 Å². The lowest BCUT2D eigenvalue weighted by Gasteiger charge is -2.13. The molecule has 0 spiro atoms. The van der Waals surface area contributed by atoms with Crippen LogP contribution in [0.4, 0.5) is 0 Å². The van der Waals surface area contributed by atoms with Gasteiger partial charge in [0.15, 0.2) is 17.2 Å². The zero-order chi connectivity index (χ0) is 20.4. The number of carbonyl (C=O) groups is 1. The lowest BCUT2D eigenvalue weighted by Crippen LogP contribution is -2.06. The van der Waals surface area contributed by atoms with Crippen molar-refractivity contribution in [2.24, 2.45) is 4.99 Å². The Morgan fingerprint density at radius 3 is 2.52 bits per heavy atom. The molecule has 3 aromatic rings. The van der Waals surface area contributed by atoms with Crippen LogP contribution in [0.15, 0.2) is 71.4 Å². The van der Waals surface area contributed by atoms with Crippen LogP contribution in [0.1, 0.15) is 25.0 Å². The van der Waals surface area contributed by atoms with Gasteiger partial charge in [0.2, 0.25) is 5.90 Å². The van der Waals surface area contributed by atoms with E-state index in [-0.39, 0.29) is 11.8 Å². The summed E-state index contributed by atoms with van der Waals surface area (Å²) >= 11 is 0. The van der Waals surface area contributed by atoms with E-state index < -0.39 is 5.97 Å². The number of benzene rings is 3. The van der Waals surface area contributed by atoms with Crippen LogP contribution < -0.4 is 9.47 Å². The van der Waals surface area contributed by atoms with Crippen LogP contribution in [0.5, 0.6) is 11.5 Å². The van der Waals surface area contributed by atoms with Gasteiger partial charge in [0.05, 0.1) is 13.2 Å². The zero-order valence-corrected chi connectivity index (χ0v) is 16.5. The summed E-state index contributed by atoms with van der Waals surface area (Å²) in [4.78, 5) is 16.7. The van der Waals surface area contributed by atoms with Gasteiger partial charge in [0, 0.05) is 5.56 Å². The number of cyclic esters (lactones) is 1. The van der Waals surface area contributed by atoms with Gasteiger partial charge in [0.1, 0.15) is 0 Å². The molecule has 146 valence electrons. The van der Waals surface area contributed by atoms with E-state index in [1.54, 1.807) is 13.2 Å². The highest BCUT2D eigenvalue weighted by molar-refractivity contribution is 6.13. The molecule has 4 rings (SSSR count). The van der Waals surface area contributed by atoms with Crippen LogP contribution in [0.2, 0.25) is 0 Å². The highest BCUT2D eigenvalue weighted by Gasteiger charge is 2.24. The Balaban J connectivity index is 1.65. The highest BCUT2D eigenvalue weighted by Crippen LogP contribution is 2.30. The van der Waals surface area contributed by atoms with Gasteiger partial charge in [-0.25, -0.2) is 9.79 Å². The van der Waals surface area contributed by atoms with Crippen molar-refractivity contribution in [3.8, 4) is 11.5 Å². The van der Waals surface area contributed by atoms with E-state index in [1.807, 2.05) is 74.5 Å². The Morgan fingerprint density at radius 2 is 1.76 bits per heavy atom. The number of nitrogens with zero attached hydrogens (tertiary/aromatic N) is 1. The monoisotopic (exact) mass is 387 g/mol. The van der Waals surface area contributed by atoms with Gasteiger partial charge in [-0.2, -0.15) is 0 Å². The van der Waals surface area contributed by atoms with Crippen molar-refractivity contribution in [2.75, 3.05) is 7.11 Å². The molecule has 0 atom stereocenters. The van der Waals surface area contributed by atoms with Crippen molar-refractivity contribution < 1.29 is 19.0 Å². The molecule has 0 unspecified atom stereocenters. The van der Waals surface area contributed by atoms with Gasteiger partial charge < -0.3 is 14.2 Å². The summed E-state index contributed by atoms with van der Waals surface area (Å²) < 4.78 is 16.5. The van der Waals surface area contributed by atoms with Gasteiger partial charge in [-0.1, -0.05) is 36.4 Å². The normalized spacial score (nSPS) is 15.0. The van der Waals surface area contributed by atoms with E-state index in [0.717, 1.165) is 21.9 Å². The fourth-order valence-corrected chi connectivity index (χ4v) is 3.14. The van der Waals surface area contributed by atoms with E-state index in [0.29, 0.717) is 17.4 Å². The van der Waals surface area contributed by atoms with Gasteiger partial charge in [0.25, 0.3) is 0 Å². The van der Waals surface area contributed by atoms with Crippen LogP contribution >= 0.6 is 0 Å². The Morgan fingerprint density at radius 1 is 0.966 bits per heavy atom. The third-order valence-electron chi connectivity index (χ3n) is 4.47.